The van der Waals surface area contributed by atoms with Gasteiger partial charge in [0.15, 0.2) is 11.7 Å². The number of ether oxygens (including phenoxy) is 1. The molecule has 0 aliphatic heterocycles. The zero-order valence-electron chi connectivity index (χ0n) is 24.3. The Kier molecular flexibility index (Phi) is 8.11. The van der Waals surface area contributed by atoms with Crippen LogP contribution in [0.15, 0.2) is 83.4 Å². The predicted molar refractivity (Wildman–Crippen MR) is 158 cm³/mol. The summed E-state index contributed by atoms with van der Waals surface area (Å²) in [6.07, 6.45) is -4.36. The van der Waals surface area contributed by atoms with Crippen molar-refractivity contribution in [2.24, 2.45) is 5.73 Å². The van der Waals surface area contributed by atoms with Crippen LogP contribution in [-0.2, 0) is 16.8 Å². The number of hydrogen-bond acceptors (Lipinski definition) is 6. The zero-order valence-corrected chi connectivity index (χ0v) is 24.3. The normalized spacial score (nSPS) is 11.8. The van der Waals surface area contributed by atoms with Gasteiger partial charge in [-0.1, -0.05) is 30.3 Å². The van der Waals surface area contributed by atoms with Gasteiger partial charge in [-0.25, -0.2) is 14.5 Å². The Bertz CT molecular complexity index is 1880. The van der Waals surface area contributed by atoms with Crippen LogP contribution in [0.3, 0.4) is 0 Å². The van der Waals surface area contributed by atoms with E-state index in [0.717, 1.165) is 16.7 Å². The van der Waals surface area contributed by atoms with E-state index < -0.39 is 23.8 Å². The summed E-state index contributed by atoms with van der Waals surface area (Å²) in [5.74, 6) is -0.225. The maximum absolute atomic E-state index is 12.7. The van der Waals surface area contributed by atoms with Crippen molar-refractivity contribution >= 4 is 12.0 Å². The number of benzene rings is 3. The molecule has 0 fully saturated rings. The van der Waals surface area contributed by atoms with Crippen LogP contribution in [-0.4, -0.2) is 38.2 Å². The first-order chi connectivity index (χ1) is 21.2. The van der Waals surface area contributed by atoms with Crippen LogP contribution in [0.5, 0.6) is 5.75 Å². The van der Waals surface area contributed by atoms with E-state index in [2.05, 4.69) is 20.1 Å². The second-order valence-corrected chi connectivity index (χ2v) is 10.7. The highest BCUT2D eigenvalue weighted by Gasteiger charge is 2.31. The van der Waals surface area contributed by atoms with Crippen LogP contribution in [0.4, 0.5) is 18.0 Å². The van der Waals surface area contributed by atoms with Gasteiger partial charge < -0.3 is 25.3 Å². The largest absolute Gasteiger partial charge is 0.573 e. The topological polar surface area (TPSA) is 146 Å². The van der Waals surface area contributed by atoms with E-state index in [9.17, 15) is 22.8 Å². The average molecular weight is 620 g/mol. The number of primary amides is 1. The van der Waals surface area contributed by atoms with Crippen LogP contribution in [0, 0.1) is 6.92 Å². The molecule has 5 aromatic rings. The van der Waals surface area contributed by atoms with Gasteiger partial charge in [-0.3, -0.25) is 4.79 Å². The fourth-order valence-corrected chi connectivity index (χ4v) is 4.70. The molecule has 4 N–H and O–H groups in total. The van der Waals surface area contributed by atoms with Gasteiger partial charge in [0, 0.05) is 24.2 Å². The molecular weight excluding hydrogens is 591 g/mol. The number of halogens is 3. The van der Waals surface area contributed by atoms with E-state index in [4.69, 9.17) is 15.3 Å². The van der Waals surface area contributed by atoms with E-state index in [0.29, 0.717) is 39.9 Å². The number of nitrogens with two attached hydrogens (primary N) is 1. The van der Waals surface area contributed by atoms with Gasteiger partial charge >= 0.3 is 12.5 Å². The molecule has 0 atom stereocenters. The van der Waals surface area contributed by atoms with E-state index >= 15 is 0 Å². The van der Waals surface area contributed by atoms with Gasteiger partial charge in [-0.15, -0.1) is 13.2 Å². The number of hydrogen-bond donors (Lipinski definition) is 3. The standard InChI is InChI=1S/C32H28F3N5O5/c1-18-38-27(19-7-10-24(11-8-19)45-32(33,34)35)28(44-18)25-16-21(20-5-4-6-22(15-20)31(2,3)29(36)41)9-12-26(25)40-14-13-23(39-40)17-37-30(42)43/h4-16,37H,17H2,1-3H3,(H2,36,41)(H,42,43). The molecule has 0 radical (unpaired) electrons. The number of rotatable bonds is 9. The van der Waals surface area contributed by atoms with Crippen molar-refractivity contribution in [2.45, 2.75) is 39.1 Å². The lowest BCUT2D eigenvalue weighted by molar-refractivity contribution is -0.274. The smallest absolute Gasteiger partial charge is 0.465 e. The van der Waals surface area contributed by atoms with Crippen LogP contribution in [0.25, 0.3) is 39.4 Å². The first kappa shape index (κ1) is 30.9. The molecule has 13 heteroatoms. The quantitative estimate of drug-likeness (QED) is 0.169. The minimum atomic E-state index is -4.83. The van der Waals surface area contributed by atoms with Crippen LogP contribution in [0.1, 0.15) is 31.0 Å². The number of amides is 2. The summed E-state index contributed by atoms with van der Waals surface area (Å²) in [5, 5.41) is 15.8. The summed E-state index contributed by atoms with van der Waals surface area (Å²) < 4.78 is 49.9. The third kappa shape index (κ3) is 6.82. The highest BCUT2D eigenvalue weighted by molar-refractivity contribution is 5.87. The number of oxazole rings is 1. The monoisotopic (exact) mass is 619 g/mol. The molecule has 2 amide bonds. The van der Waals surface area contributed by atoms with E-state index in [1.165, 1.54) is 24.3 Å². The molecule has 2 aromatic heterocycles. The van der Waals surface area contributed by atoms with E-state index in [-0.39, 0.29) is 12.3 Å². The van der Waals surface area contributed by atoms with E-state index in [1.54, 1.807) is 43.8 Å². The maximum atomic E-state index is 12.7. The SMILES string of the molecule is Cc1nc(-c2ccc(OC(F)(F)F)cc2)c(-c2cc(-c3cccc(C(C)(C)C(N)=O)c3)ccc2-n2ccc(CNC(=O)O)n2)o1. The average Bonchev–Trinajstić information content (AvgIpc) is 3.62. The molecule has 0 unspecified atom stereocenters. The summed E-state index contributed by atoms with van der Waals surface area (Å²) in [4.78, 5) is 27.7. The summed E-state index contributed by atoms with van der Waals surface area (Å²) >= 11 is 0. The third-order valence-electron chi connectivity index (χ3n) is 7.18. The molecule has 0 saturated carbocycles. The van der Waals surface area contributed by atoms with Crippen molar-refractivity contribution in [3.05, 3.63) is 96.1 Å². The van der Waals surface area contributed by atoms with Crippen LogP contribution in [0.2, 0.25) is 0 Å². The van der Waals surface area contributed by atoms with Crippen molar-refractivity contribution in [2.75, 3.05) is 0 Å². The molecule has 0 spiro atoms. The molecule has 232 valence electrons. The number of carbonyl (C=O) groups excluding carboxylic acids is 1. The second kappa shape index (κ2) is 11.8. The van der Waals surface area contributed by atoms with Gasteiger partial charge in [-0.2, -0.15) is 5.10 Å². The molecule has 10 nitrogen and oxygen atoms in total. The molecular formula is C32H28F3N5O5. The molecule has 45 heavy (non-hydrogen) atoms. The molecule has 2 heterocycles. The Balaban J connectivity index is 1.65. The van der Waals surface area contributed by atoms with E-state index in [1.807, 2.05) is 36.4 Å². The number of aromatic nitrogens is 3. The van der Waals surface area contributed by atoms with Gasteiger partial charge in [-0.05, 0) is 73.0 Å². The number of carbonyl (C=O) groups is 2. The fourth-order valence-electron chi connectivity index (χ4n) is 4.70. The summed E-state index contributed by atoms with van der Waals surface area (Å²) in [6.45, 7) is 5.12. The first-order valence-electron chi connectivity index (χ1n) is 13.6. The van der Waals surface area contributed by atoms with Crippen LogP contribution < -0.4 is 15.8 Å². The summed E-state index contributed by atoms with van der Waals surface area (Å²) in [7, 11) is 0. The Hall–Kier alpha value is -5.59. The molecule has 0 aliphatic rings. The number of alkyl halides is 3. The lowest BCUT2D eigenvalue weighted by Gasteiger charge is -2.22. The lowest BCUT2D eigenvalue weighted by atomic mass is 9.82. The van der Waals surface area contributed by atoms with Gasteiger partial charge in [0.2, 0.25) is 5.91 Å². The van der Waals surface area contributed by atoms with Crippen molar-refractivity contribution in [3.8, 4) is 45.1 Å². The minimum Gasteiger partial charge on any atom is -0.465 e. The predicted octanol–water partition coefficient (Wildman–Crippen LogP) is 6.60. The lowest BCUT2D eigenvalue weighted by Crippen LogP contribution is -2.35. The summed E-state index contributed by atoms with van der Waals surface area (Å²) in [5.41, 5.74) is 9.40. The number of aryl methyl sites for hydroxylation is 1. The van der Waals surface area contributed by atoms with Crippen molar-refractivity contribution < 1.29 is 37.0 Å². The van der Waals surface area contributed by atoms with Crippen molar-refractivity contribution in [1.29, 1.82) is 0 Å². The number of carboxylic acid groups (broad SMARTS) is 1. The minimum absolute atomic E-state index is 0.0167. The van der Waals surface area contributed by atoms with Crippen molar-refractivity contribution in [3.63, 3.8) is 0 Å². The van der Waals surface area contributed by atoms with Crippen molar-refractivity contribution in [1.82, 2.24) is 20.1 Å². The van der Waals surface area contributed by atoms with Gasteiger partial charge in [0.05, 0.1) is 23.3 Å². The molecule has 3 aromatic carbocycles. The molecule has 0 bridgehead atoms. The Morgan fingerprint density at radius 2 is 1.69 bits per heavy atom. The Morgan fingerprint density at radius 3 is 2.36 bits per heavy atom. The van der Waals surface area contributed by atoms with Gasteiger partial charge in [0.1, 0.15) is 11.4 Å². The Morgan fingerprint density at radius 1 is 1.00 bits per heavy atom. The summed E-state index contributed by atoms with van der Waals surface area (Å²) in [6, 6.07) is 19.9. The fraction of sp³-hybridized carbons (Fsp3) is 0.188. The Labute approximate surface area is 255 Å². The maximum Gasteiger partial charge on any atom is 0.573 e. The first-order valence-corrected chi connectivity index (χ1v) is 13.6. The highest BCUT2D eigenvalue weighted by Crippen LogP contribution is 2.39. The van der Waals surface area contributed by atoms with Crippen LogP contribution >= 0.6 is 0 Å². The number of nitrogens with one attached hydrogen (secondary N) is 1. The van der Waals surface area contributed by atoms with Gasteiger partial charge in [0.25, 0.3) is 0 Å². The molecule has 0 saturated heterocycles. The highest BCUT2D eigenvalue weighted by atomic mass is 19.4. The zero-order chi connectivity index (χ0) is 32.5. The molecule has 5 rings (SSSR count). The number of nitrogens with zero attached hydrogens (tertiary/aromatic N) is 3. The second-order valence-electron chi connectivity index (χ2n) is 10.7. The third-order valence-corrected chi connectivity index (χ3v) is 7.18. The molecule has 0 aliphatic carbocycles.